The fourth-order valence-electron chi connectivity index (χ4n) is 1.79. The van der Waals surface area contributed by atoms with Gasteiger partial charge in [-0.15, -0.1) is 0 Å². The molecule has 0 radical (unpaired) electrons. The van der Waals surface area contributed by atoms with E-state index < -0.39 is 21.4 Å². The number of pyridine rings is 1. The largest absolute Gasteiger partial charge is 0.389 e. The molecule has 1 aromatic rings. The first-order chi connectivity index (χ1) is 7.81. The van der Waals surface area contributed by atoms with Gasteiger partial charge in [-0.3, -0.25) is 4.98 Å². The molecule has 1 unspecified atom stereocenters. The second kappa shape index (κ2) is 4.01. The van der Waals surface area contributed by atoms with Crippen molar-refractivity contribution in [2.24, 2.45) is 0 Å². The molecule has 1 aliphatic rings. The normalized spacial score (nSPS) is 26.3. The van der Waals surface area contributed by atoms with Gasteiger partial charge in [0.1, 0.15) is 10.7 Å². The van der Waals surface area contributed by atoms with E-state index in [1.165, 1.54) is 0 Å². The van der Waals surface area contributed by atoms with Crippen LogP contribution >= 0.6 is 0 Å². The zero-order valence-corrected chi connectivity index (χ0v) is 10.1. The Labute approximate surface area is 99.0 Å². The molecule has 0 amide bonds. The molecule has 0 aliphatic carbocycles. The van der Waals surface area contributed by atoms with E-state index >= 15 is 0 Å². The molecule has 0 bridgehead atoms. The number of aliphatic hydroxyl groups is 1. The number of halogens is 1. The molecule has 1 fully saturated rings. The predicted molar refractivity (Wildman–Crippen MR) is 58.2 cm³/mol. The van der Waals surface area contributed by atoms with Gasteiger partial charge in [-0.25, -0.2) is 12.8 Å². The van der Waals surface area contributed by atoms with Crippen molar-refractivity contribution in [1.29, 1.82) is 0 Å². The maximum absolute atomic E-state index is 12.9. The molecule has 0 spiro atoms. The molecular formula is C10H13FN2O3S. The number of hydrogen-bond donors (Lipinski definition) is 1. The lowest BCUT2D eigenvalue weighted by Gasteiger charge is -2.18. The van der Waals surface area contributed by atoms with Gasteiger partial charge in [-0.1, -0.05) is 0 Å². The molecule has 94 valence electrons. The van der Waals surface area contributed by atoms with Crippen molar-refractivity contribution in [3.05, 3.63) is 24.3 Å². The summed E-state index contributed by atoms with van der Waals surface area (Å²) in [5.41, 5.74) is -1.02. The lowest BCUT2D eigenvalue weighted by molar-refractivity contribution is 0.0762. The third-order valence-corrected chi connectivity index (χ3v) is 4.54. The van der Waals surface area contributed by atoms with E-state index in [2.05, 4.69) is 4.98 Å². The van der Waals surface area contributed by atoms with Gasteiger partial charge in [-0.2, -0.15) is 4.31 Å². The second-order valence-corrected chi connectivity index (χ2v) is 6.36. The molecule has 2 rings (SSSR count). The number of hydrogen-bond acceptors (Lipinski definition) is 4. The minimum Gasteiger partial charge on any atom is -0.389 e. The maximum Gasteiger partial charge on any atom is 0.244 e. The second-order valence-electron chi connectivity index (χ2n) is 4.42. The Morgan fingerprint density at radius 2 is 2.24 bits per heavy atom. The van der Waals surface area contributed by atoms with Crippen molar-refractivity contribution < 1.29 is 17.9 Å². The van der Waals surface area contributed by atoms with Crippen LogP contribution in [-0.2, 0) is 10.0 Å². The monoisotopic (exact) mass is 260 g/mol. The lowest BCUT2D eigenvalue weighted by atomic mass is 10.1. The highest BCUT2D eigenvalue weighted by Gasteiger charge is 2.38. The van der Waals surface area contributed by atoms with Crippen molar-refractivity contribution in [2.45, 2.75) is 23.8 Å². The molecule has 1 atom stereocenters. The van der Waals surface area contributed by atoms with Gasteiger partial charge in [-0.05, 0) is 19.4 Å². The third-order valence-electron chi connectivity index (χ3n) is 2.73. The van der Waals surface area contributed by atoms with Gasteiger partial charge in [0, 0.05) is 19.3 Å². The molecule has 17 heavy (non-hydrogen) atoms. The summed E-state index contributed by atoms with van der Waals surface area (Å²) >= 11 is 0. The Morgan fingerprint density at radius 3 is 2.76 bits per heavy atom. The Kier molecular flexibility index (Phi) is 2.92. The van der Waals surface area contributed by atoms with E-state index in [0.717, 1.165) is 22.8 Å². The van der Waals surface area contributed by atoms with E-state index in [9.17, 15) is 17.9 Å². The number of aromatic nitrogens is 1. The van der Waals surface area contributed by atoms with E-state index in [4.69, 9.17) is 0 Å². The molecule has 2 heterocycles. The summed E-state index contributed by atoms with van der Waals surface area (Å²) in [6, 6.07) is 0.926. The number of sulfonamides is 1. The van der Waals surface area contributed by atoms with E-state index in [-0.39, 0.29) is 18.0 Å². The zero-order chi connectivity index (χ0) is 12.7. The van der Waals surface area contributed by atoms with Crippen LogP contribution < -0.4 is 0 Å². The number of nitrogens with zero attached hydrogens (tertiary/aromatic N) is 2. The molecule has 1 N–H and O–H groups in total. The molecule has 1 aromatic heterocycles. The van der Waals surface area contributed by atoms with Gasteiger partial charge < -0.3 is 5.11 Å². The lowest BCUT2D eigenvalue weighted by Crippen LogP contribution is -2.34. The molecule has 7 heteroatoms. The van der Waals surface area contributed by atoms with Gasteiger partial charge in [0.2, 0.25) is 10.0 Å². The van der Waals surface area contributed by atoms with Gasteiger partial charge in [0.25, 0.3) is 0 Å². The average Bonchev–Trinajstić information content (AvgIpc) is 2.59. The quantitative estimate of drug-likeness (QED) is 0.834. The Hall–Kier alpha value is -1.05. The zero-order valence-electron chi connectivity index (χ0n) is 9.30. The minimum atomic E-state index is -3.76. The van der Waals surface area contributed by atoms with Crippen LogP contribution in [-0.4, -0.2) is 41.5 Å². The SMILES string of the molecule is CC1(O)CCN(S(=O)(=O)c2cncc(F)c2)C1. The number of β-amino-alcohol motifs (C(OH)–C–C–N with tert-alkyl or cyclic N) is 1. The molecular weight excluding hydrogens is 247 g/mol. The van der Waals surface area contributed by atoms with Crippen LogP contribution in [0.2, 0.25) is 0 Å². The van der Waals surface area contributed by atoms with Crippen LogP contribution in [0.1, 0.15) is 13.3 Å². The first-order valence-electron chi connectivity index (χ1n) is 5.14. The summed E-state index contributed by atoms with van der Waals surface area (Å²) < 4.78 is 38.2. The summed E-state index contributed by atoms with van der Waals surface area (Å²) in [7, 11) is -3.76. The highest BCUT2D eigenvalue weighted by Crippen LogP contribution is 2.26. The molecule has 0 aromatic carbocycles. The van der Waals surface area contributed by atoms with Gasteiger partial charge in [0.15, 0.2) is 0 Å². The third kappa shape index (κ3) is 2.46. The van der Waals surface area contributed by atoms with Crippen molar-refractivity contribution in [3.8, 4) is 0 Å². The molecule has 0 saturated carbocycles. The van der Waals surface area contributed by atoms with Gasteiger partial charge >= 0.3 is 0 Å². The standard InChI is InChI=1S/C10H13FN2O3S/c1-10(14)2-3-13(7-10)17(15,16)9-4-8(11)5-12-6-9/h4-6,14H,2-3,7H2,1H3. The fourth-order valence-corrected chi connectivity index (χ4v) is 3.32. The van der Waals surface area contributed by atoms with Crippen LogP contribution in [0.3, 0.4) is 0 Å². The molecule has 1 aliphatic heterocycles. The Balaban J connectivity index is 2.32. The topological polar surface area (TPSA) is 70.5 Å². The van der Waals surface area contributed by atoms with E-state index in [0.29, 0.717) is 6.42 Å². The van der Waals surface area contributed by atoms with Crippen molar-refractivity contribution in [3.63, 3.8) is 0 Å². The first-order valence-corrected chi connectivity index (χ1v) is 6.58. The van der Waals surface area contributed by atoms with Crippen LogP contribution in [0.5, 0.6) is 0 Å². The Bertz CT molecular complexity index is 530. The van der Waals surface area contributed by atoms with Crippen LogP contribution in [0.15, 0.2) is 23.4 Å². The maximum atomic E-state index is 12.9. The summed E-state index contributed by atoms with van der Waals surface area (Å²) in [5.74, 6) is -0.697. The van der Waals surface area contributed by atoms with E-state index in [1.807, 2.05) is 0 Å². The van der Waals surface area contributed by atoms with Crippen molar-refractivity contribution >= 4 is 10.0 Å². The fraction of sp³-hybridized carbons (Fsp3) is 0.500. The number of rotatable bonds is 2. The van der Waals surface area contributed by atoms with Crippen LogP contribution in [0, 0.1) is 5.82 Å². The molecule has 5 nitrogen and oxygen atoms in total. The summed E-state index contributed by atoms with van der Waals surface area (Å²) in [6.07, 6.45) is 2.42. The van der Waals surface area contributed by atoms with Crippen molar-refractivity contribution in [1.82, 2.24) is 9.29 Å². The first kappa shape index (κ1) is 12.4. The van der Waals surface area contributed by atoms with Crippen LogP contribution in [0.25, 0.3) is 0 Å². The summed E-state index contributed by atoms with van der Waals surface area (Å²) in [6.45, 7) is 1.82. The van der Waals surface area contributed by atoms with Gasteiger partial charge in [0.05, 0.1) is 11.8 Å². The average molecular weight is 260 g/mol. The highest BCUT2D eigenvalue weighted by molar-refractivity contribution is 7.89. The summed E-state index contributed by atoms with van der Waals surface area (Å²) in [5, 5.41) is 9.73. The summed E-state index contributed by atoms with van der Waals surface area (Å²) in [4.78, 5) is 3.33. The molecule has 1 saturated heterocycles. The van der Waals surface area contributed by atoms with E-state index in [1.54, 1.807) is 6.92 Å². The predicted octanol–water partition coefficient (Wildman–Crippen LogP) is 0.366. The van der Waals surface area contributed by atoms with Crippen molar-refractivity contribution in [2.75, 3.05) is 13.1 Å². The Morgan fingerprint density at radius 1 is 1.53 bits per heavy atom. The highest BCUT2D eigenvalue weighted by atomic mass is 32.2. The smallest absolute Gasteiger partial charge is 0.244 e. The van der Waals surface area contributed by atoms with Crippen LogP contribution in [0.4, 0.5) is 4.39 Å². The minimum absolute atomic E-state index is 0.0197.